The molecule has 1 unspecified atom stereocenters. The first-order valence-electron chi connectivity index (χ1n) is 10.4. The van der Waals surface area contributed by atoms with E-state index in [1.807, 2.05) is 42.6 Å². The van der Waals surface area contributed by atoms with Crippen LogP contribution in [-0.2, 0) is 0 Å². The summed E-state index contributed by atoms with van der Waals surface area (Å²) in [5.41, 5.74) is 3.32. The van der Waals surface area contributed by atoms with Crippen LogP contribution in [-0.4, -0.2) is 36.1 Å². The van der Waals surface area contributed by atoms with E-state index in [4.69, 9.17) is 23.2 Å². The first-order chi connectivity index (χ1) is 14.1. The normalized spacial score (nSPS) is 12.4. The zero-order valence-electron chi connectivity index (χ0n) is 17.2. The third kappa shape index (κ3) is 6.08. The quantitative estimate of drug-likeness (QED) is 0.381. The molecule has 0 aliphatic rings. The molecule has 1 aromatic heterocycles. The van der Waals surface area contributed by atoms with Crippen LogP contribution in [0.3, 0.4) is 0 Å². The van der Waals surface area contributed by atoms with Crippen LogP contribution >= 0.6 is 23.2 Å². The fourth-order valence-electron chi connectivity index (χ4n) is 3.73. The Bertz CT molecular complexity index is 908. The van der Waals surface area contributed by atoms with Crippen molar-refractivity contribution >= 4 is 39.8 Å². The van der Waals surface area contributed by atoms with Crippen LogP contribution in [0.5, 0.6) is 0 Å². The summed E-state index contributed by atoms with van der Waals surface area (Å²) in [5.74, 6) is 0.415. The largest absolute Gasteiger partial charge is 0.384 e. The van der Waals surface area contributed by atoms with Crippen molar-refractivity contribution in [3.8, 4) is 0 Å². The highest BCUT2D eigenvalue weighted by atomic mass is 35.5. The number of nitrogens with one attached hydrogen (secondary N) is 1. The maximum absolute atomic E-state index is 6.12. The van der Waals surface area contributed by atoms with Gasteiger partial charge in [-0.2, -0.15) is 0 Å². The Morgan fingerprint density at radius 2 is 1.69 bits per heavy atom. The summed E-state index contributed by atoms with van der Waals surface area (Å²) in [6, 6.07) is 16.2. The Hall–Kier alpha value is -1.81. The molecular weight excluding hydrogens is 401 g/mol. The van der Waals surface area contributed by atoms with Gasteiger partial charge in [0.15, 0.2) is 0 Å². The lowest BCUT2D eigenvalue weighted by Gasteiger charge is -2.22. The highest BCUT2D eigenvalue weighted by Crippen LogP contribution is 2.27. The first-order valence-corrected chi connectivity index (χ1v) is 11.1. The summed E-state index contributed by atoms with van der Waals surface area (Å²) >= 11 is 12.2. The second-order valence-electron chi connectivity index (χ2n) is 7.32. The number of anilines is 1. The van der Waals surface area contributed by atoms with Gasteiger partial charge in [0.2, 0.25) is 0 Å². The molecule has 154 valence electrons. The van der Waals surface area contributed by atoms with Gasteiger partial charge in [-0.25, -0.2) is 0 Å². The molecule has 3 rings (SSSR count). The van der Waals surface area contributed by atoms with Crippen LogP contribution in [0.15, 0.2) is 54.7 Å². The van der Waals surface area contributed by atoms with Crippen molar-refractivity contribution in [1.29, 1.82) is 0 Å². The molecule has 1 atom stereocenters. The molecule has 3 aromatic rings. The van der Waals surface area contributed by atoms with Gasteiger partial charge >= 0.3 is 0 Å². The molecule has 1 heterocycles. The van der Waals surface area contributed by atoms with Crippen molar-refractivity contribution in [2.75, 3.05) is 31.5 Å². The molecule has 2 aromatic carbocycles. The van der Waals surface area contributed by atoms with E-state index in [0.717, 1.165) is 54.2 Å². The highest BCUT2D eigenvalue weighted by molar-refractivity contribution is 6.31. The number of hydrogen-bond acceptors (Lipinski definition) is 3. The second kappa shape index (κ2) is 10.8. The molecular formula is C24H29Cl2N3. The average Bonchev–Trinajstić information content (AvgIpc) is 2.74. The molecule has 0 spiro atoms. The van der Waals surface area contributed by atoms with Gasteiger partial charge in [0.05, 0.1) is 5.52 Å². The number of hydrogen-bond donors (Lipinski definition) is 1. The maximum atomic E-state index is 6.12. The lowest BCUT2D eigenvalue weighted by Crippen LogP contribution is -2.24. The van der Waals surface area contributed by atoms with E-state index in [2.05, 4.69) is 41.2 Å². The molecule has 0 fully saturated rings. The smallest absolute Gasteiger partial charge is 0.0737 e. The third-order valence-electron chi connectivity index (χ3n) is 5.51. The van der Waals surface area contributed by atoms with Gasteiger partial charge in [-0.15, -0.1) is 0 Å². The van der Waals surface area contributed by atoms with E-state index < -0.39 is 0 Å². The Morgan fingerprint density at radius 3 is 2.41 bits per heavy atom. The van der Waals surface area contributed by atoms with Crippen LogP contribution in [0.4, 0.5) is 5.69 Å². The number of halogens is 2. The lowest BCUT2D eigenvalue weighted by atomic mass is 9.93. The Kier molecular flexibility index (Phi) is 8.17. The molecule has 0 saturated heterocycles. The molecule has 29 heavy (non-hydrogen) atoms. The fourth-order valence-corrected chi connectivity index (χ4v) is 4.02. The minimum absolute atomic E-state index is 0.415. The van der Waals surface area contributed by atoms with E-state index >= 15 is 0 Å². The van der Waals surface area contributed by atoms with Crippen molar-refractivity contribution in [2.24, 2.45) is 0 Å². The van der Waals surface area contributed by atoms with Gasteiger partial charge in [0.1, 0.15) is 0 Å². The predicted molar refractivity (Wildman–Crippen MR) is 126 cm³/mol. The van der Waals surface area contributed by atoms with Crippen molar-refractivity contribution in [2.45, 2.75) is 32.6 Å². The van der Waals surface area contributed by atoms with Crippen molar-refractivity contribution in [3.63, 3.8) is 0 Å². The fraction of sp³-hybridized carbons (Fsp3) is 0.375. The molecule has 0 aliphatic carbocycles. The molecule has 3 nitrogen and oxygen atoms in total. The monoisotopic (exact) mass is 429 g/mol. The SMILES string of the molecule is CCN(CC)CCCC(CNc1ccnc2cc(Cl)ccc12)c1ccc(Cl)cc1. The van der Waals surface area contributed by atoms with Crippen LogP contribution in [0.2, 0.25) is 10.0 Å². The van der Waals surface area contributed by atoms with E-state index in [1.54, 1.807) is 0 Å². The Balaban J connectivity index is 1.73. The van der Waals surface area contributed by atoms with Gasteiger partial charge in [0.25, 0.3) is 0 Å². The van der Waals surface area contributed by atoms with Crippen LogP contribution in [0.25, 0.3) is 10.9 Å². The Morgan fingerprint density at radius 1 is 0.966 bits per heavy atom. The lowest BCUT2D eigenvalue weighted by molar-refractivity contribution is 0.293. The van der Waals surface area contributed by atoms with Crippen LogP contribution < -0.4 is 5.32 Å². The summed E-state index contributed by atoms with van der Waals surface area (Å²) in [5, 5.41) is 6.23. The number of benzene rings is 2. The number of pyridine rings is 1. The zero-order chi connectivity index (χ0) is 20.6. The summed E-state index contributed by atoms with van der Waals surface area (Å²) < 4.78 is 0. The molecule has 0 bridgehead atoms. The minimum atomic E-state index is 0.415. The topological polar surface area (TPSA) is 28.2 Å². The third-order valence-corrected chi connectivity index (χ3v) is 5.99. The summed E-state index contributed by atoms with van der Waals surface area (Å²) in [6.07, 6.45) is 4.13. The molecule has 1 N–H and O–H groups in total. The van der Waals surface area contributed by atoms with Gasteiger partial charge < -0.3 is 10.2 Å². The molecule has 0 radical (unpaired) electrons. The molecule has 0 aliphatic heterocycles. The maximum Gasteiger partial charge on any atom is 0.0737 e. The number of fused-ring (bicyclic) bond motifs is 1. The number of aromatic nitrogens is 1. The Labute approximate surface area is 184 Å². The molecule has 0 amide bonds. The van der Waals surface area contributed by atoms with Gasteiger partial charge in [0, 0.05) is 39.8 Å². The standard InChI is InChI=1S/C24H29Cl2N3/c1-3-29(4-2)15-5-6-19(18-7-9-20(25)10-8-18)17-28-23-13-14-27-24-16-21(26)11-12-22(23)24/h7-14,16,19H,3-6,15,17H2,1-2H3,(H,27,28). The van der Waals surface area contributed by atoms with Crippen molar-refractivity contribution in [1.82, 2.24) is 9.88 Å². The molecule has 5 heteroatoms. The van der Waals surface area contributed by atoms with Crippen molar-refractivity contribution in [3.05, 3.63) is 70.3 Å². The van der Waals surface area contributed by atoms with E-state index in [9.17, 15) is 0 Å². The van der Waals surface area contributed by atoms with E-state index in [1.165, 1.54) is 12.0 Å². The van der Waals surface area contributed by atoms with E-state index in [-0.39, 0.29) is 0 Å². The van der Waals surface area contributed by atoms with Gasteiger partial charge in [-0.3, -0.25) is 4.98 Å². The average molecular weight is 430 g/mol. The van der Waals surface area contributed by atoms with Gasteiger partial charge in [-0.05, 0) is 74.4 Å². The number of rotatable bonds is 10. The van der Waals surface area contributed by atoms with Gasteiger partial charge in [-0.1, -0.05) is 49.2 Å². The van der Waals surface area contributed by atoms with Crippen molar-refractivity contribution < 1.29 is 0 Å². The predicted octanol–water partition coefficient (Wildman–Crippen LogP) is 6.86. The summed E-state index contributed by atoms with van der Waals surface area (Å²) in [7, 11) is 0. The van der Waals surface area contributed by atoms with Crippen LogP contribution in [0.1, 0.15) is 38.2 Å². The van der Waals surface area contributed by atoms with E-state index in [0.29, 0.717) is 10.9 Å². The first kappa shape index (κ1) is 21.9. The summed E-state index contributed by atoms with van der Waals surface area (Å²) in [4.78, 5) is 6.92. The molecule has 0 saturated carbocycles. The minimum Gasteiger partial charge on any atom is -0.384 e. The van der Waals surface area contributed by atoms with Crippen LogP contribution in [0, 0.1) is 0 Å². The second-order valence-corrected chi connectivity index (χ2v) is 8.19. The summed E-state index contributed by atoms with van der Waals surface area (Å²) in [6.45, 7) is 8.65. The highest BCUT2D eigenvalue weighted by Gasteiger charge is 2.13. The zero-order valence-corrected chi connectivity index (χ0v) is 18.7. The number of nitrogens with zero attached hydrogens (tertiary/aromatic N) is 2.